The molecule has 0 unspecified atom stereocenters. The van der Waals surface area contributed by atoms with Crippen molar-refractivity contribution >= 4 is 12.1 Å². The molecular formula is C8H9N3O. The minimum atomic E-state index is -0.185. The van der Waals surface area contributed by atoms with Gasteiger partial charge in [0.15, 0.2) is 0 Å². The van der Waals surface area contributed by atoms with Crippen LogP contribution >= 0.6 is 0 Å². The molecule has 12 heavy (non-hydrogen) atoms. The minimum absolute atomic E-state index is 0.185. The van der Waals surface area contributed by atoms with E-state index in [-0.39, 0.29) is 5.91 Å². The number of carbonyl (C=O) groups excluding carboxylic acids is 1. The third-order valence-electron chi connectivity index (χ3n) is 1.12. The van der Waals surface area contributed by atoms with Crippen LogP contribution in [0, 0.1) is 0 Å². The molecule has 0 aliphatic carbocycles. The topological polar surface area (TPSA) is 54.4 Å². The van der Waals surface area contributed by atoms with Gasteiger partial charge in [0, 0.05) is 24.9 Å². The number of pyridine rings is 1. The first-order chi connectivity index (χ1) is 5.79. The highest BCUT2D eigenvalue weighted by Gasteiger charge is 1.85. The van der Waals surface area contributed by atoms with Crippen molar-refractivity contribution in [2.75, 3.05) is 0 Å². The van der Waals surface area contributed by atoms with Gasteiger partial charge in [-0.25, -0.2) is 5.43 Å². The van der Waals surface area contributed by atoms with Crippen LogP contribution in [-0.4, -0.2) is 17.1 Å². The third kappa shape index (κ3) is 2.92. The first-order valence-corrected chi connectivity index (χ1v) is 3.49. The summed E-state index contributed by atoms with van der Waals surface area (Å²) in [4.78, 5) is 14.3. The Morgan fingerprint density at radius 2 is 2.58 bits per heavy atom. The molecule has 1 rings (SSSR count). The Bertz CT molecular complexity index is 282. The van der Waals surface area contributed by atoms with Crippen molar-refractivity contribution < 1.29 is 4.79 Å². The zero-order valence-corrected chi connectivity index (χ0v) is 6.69. The second-order valence-electron chi connectivity index (χ2n) is 2.21. The molecule has 1 amide bonds. The number of hydrogen-bond donors (Lipinski definition) is 1. The quantitative estimate of drug-likeness (QED) is 0.511. The van der Waals surface area contributed by atoms with Crippen LogP contribution in [0.5, 0.6) is 0 Å². The van der Waals surface area contributed by atoms with Gasteiger partial charge in [0.1, 0.15) is 0 Å². The number of hydrogen-bond acceptors (Lipinski definition) is 3. The fourth-order valence-corrected chi connectivity index (χ4v) is 0.650. The highest BCUT2D eigenvalue weighted by Crippen LogP contribution is 1.89. The molecule has 1 aromatic heterocycles. The molecule has 4 nitrogen and oxygen atoms in total. The van der Waals surface area contributed by atoms with Gasteiger partial charge >= 0.3 is 0 Å². The van der Waals surface area contributed by atoms with Crippen LogP contribution in [0.1, 0.15) is 12.5 Å². The molecule has 1 aromatic rings. The predicted molar refractivity (Wildman–Crippen MR) is 45.6 cm³/mol. The van der Waals surface area contributed by atoms with E-state index in [1.165, 1.54) is 13.1 Å². The number of carbonyl (C=O) groups is 1. The molecule has 0 radical (unpaired) electrons. The molecule has 1 N–H and O–H groups in total. The first-order valence-electron chi connectivity index (χ1n) is 3.49. The van der Waals surface area contributed by atoms with E-state index in [4.69, 9.17) is 0 Å². The Labute approximate surface area is 70.3 Å². The van der Waals surface area contributed by atoms with Crippen LogP contribution in [0.4, 0.5) is 0 Å². The van der Waals surface area contributed by atoms with E-state index < -0.39 is 0 Å². The lowest BCUT2D eigenvalue weighted by Gasteiger charge is -1.91. The van der Waals surface area contributed by atoms with E-state index in [1.807, 2.05) is 6.07 Å². The number of nitrogens with zero attached hydrogens (tertiary/aromatic N) is 2. The van der Waals surface area contributed by atoms with E-state index in [1.54, 1.807) is 18.5 Å². The number of nitrogens with one attached hydrogen (secondary N) is 1. The average Bonchev–Trinajstić information content (AvgIpc) is 2.05. The molecule has 62 valence electrons. The second-order valence-corrected chi connectivity index (χ2v) is 2.21. The van der Waals surface area contributed by atoms with Crippen LogP contribution < -0.4 is 5.43 Å². The van der Waals surface area contributed by atoms with Crippen molar-refractivity contribution in [3.8, 4) is 0 Å². The lowest BCUT2D eigenvalue weighted by molar-refractivity contribution is -0.118. The Morgan fingerprint density at radius 3 is 3.17 bits per heavy atom. The lowest BCUT2D eigenvalue weighted by atomic mass is 10.3. The molecule has 0 spiro atoms. The van der Waals surface area contributed by atoms with Crippen LogP contribution in [0.2, 0.25) is 0 Å². The molecule has 0 aliphatic heterocycles. The lowest BCUT2D eigenvalue weighted by Crippen LogP contribution is -2.12. The van der Waals surface area contributed by atoms with Crippen molar-refractivity contribution in [3.05, 3.63) is 30.1 Å². The summed E-state index contributed by atoms with van der Waals surface area (Å²) in [5.74, 6) is -0.185. The maximum atomic E-state index is 10.4. The van der Waals surface area contributed by atoms with Crippen LogP contribution in [0.25, 0.3) is 0 Å². The van der Waals surface area contributed by atoms with Gasteiger partial charge in [0.2, 0.25) is 5.91 Å². The van der Waals surface area contributed by atoms with Crippen molar-refractivity contribution in [1.82, 2.24) is 10.4 Å². The number of hydrazone groups is 1. The monoisotopic (exact) mass is 163 g/mol. The largest absolute Gasteiger partial charge is 0.274 e. The summed E-state index contributed by atoms with van der Waals surface area (Å²) in [5.41, 5.74) is 3.15. The van der Waals surface area contributed by atoms with Gasteiger partial charge in [-0.15, -0.1) is 0 Å². The van der Waals surface area contributed by atoms with Gasteiger partial charge in [-0.2, -0.15) is 5.10 Å². The smallest absolute Gasteiger partial charge is 0.236 e. The van der Waals surface area contributed by atoms with E-state index in [9.17, 15) is 4.79 Å². The third-order valence-corrected chi connectivity index (χ3v) is 1.12. The molecule has 0 atom stereocenters. The zero-order chi connectivity index (χ0) is 8.81. The standard InChI is InChI=1S/C8H9N3O/c1-7(12)11-10-6-8-3-2-4-9-5-8/h2-6H,1H3,(H,11,12)/b10-6-. The highest BCUT2D eigenvalue weighted by atomic mass is 16.2. The SMILES string of the molecule is CC(=O)N/N=C\c1cccnc1. The van der Waals surface area contributed by atoms with Gasteiger partial charge in [-0.1, -0.05) is 6.07 Å². The van der Waals surface area contributed by atoms with E-state index in [0.717, 1.165) is 5.56 Å². The van der Waals surface area contributed by atoms with Gasteiger partial charge in [-0.3, -0.25) is 9.78 Å². The fraction of sp³-hybridized carbons (Fsp3) is 0.125. The summed E-state index contributed by atoms with van der Waals surface area (Å²) in [6.45, 7) is 1.40. The number of aromatic nitrogens is 1. The summed E-state index contributed by atoms with van der Waals surface area (Å²) in [6, 6.07) is 3.65. The summed E-state index contributed by atoms with van der Waals surface area (Å²) in [5, 5.41) is 3.68. The molecule has 0 fully saturated rings. The van der Waals surface area contributed by atoms with Crippen molar-refractivity contribution in [2.24, 2.45) is 5.10 Å². The Morgan fingerprint density at radius 1 is 1.75 bits per heavy atom. The average molecular weight is 163 g/mol. The fourth-order valence-electron chi connectivity index (χ4n) is 0.650. The Hall–Kier alpha value is -1.71. The van der Waals surface area contributed by atoms with Crippen molar-refractivity contribution in [3.63, 3.8) is 0 Å². The maximum absolute atomic E-state index is 10.4. The molecule has 0 bridgehead atoms. The van der Waals surface area contributed by atoms with Crippen molar-refractivity contribution in [1.29, 1.82) is 0 Å². The van der Waals surface area contributed by atoms with Gasteiger partial charge in [-0.05, 0) is 6.07 Å². The highest BCUT2D eigenvalue weighted by molar-refractivity contribution is 5.81. The van der Waals surface area contributed by atoms with Crippen LogP contribution in [-0.2, 0) is 4.79 Å². The second kappa shape index (κ2) is 4.23. The molecular weight excluding hydrogens is 154 g/mol. The maximum Gasteiger partial charge on any atom is 0.236 e. The molecule has 0 saturated heterocycles. The number of amides is 1. The summed E-state index contributed by atoms with van der Waals surface area (Å²) >= 11 is 0. The minimum Gasteiger partial charge on any atom is -0.274 e. The molecule has 0 aliphatic rings. The van der Waals surface area contributed by atoms with E-state index in [0.29, 0.717) is 0 Å². The van der Waals surface area contributed by atoms with Crippen LogP contribution in [0.15, 0.2) is 29.6 Å². The molecule has 1 heterocycles. The van der Waals surface area contributed by atoms with E-state index in [2.05, 4.69) is 15.5 Å². The normalized spacial score (nSPS) is 10.1. The first kappa shape index (κ1) is 8.39. The summed E-state index contributed by atoms with van der Waals surface area (Å²) in [7, 11) is 0. The molecule has 4 heteroatoms. The molecule has 0 aromatic carbocycles. The number of rotatable bonds is 2. The Kier molecular flexibility index (Phi) is 2.95. The van der Waals surface area contributed by atoms with Gasteiger partial charge < -0.3 is 0 Å². The van der Waals surface area contributed by atoms with Gasteiger partial charge in [0.25, 0.3) is 0 Å². The van der Waals surface area contributed by atoms with Crippen molar-refractivity contribution in [2.45, 2.75) is 6.92 Å². The predicted octanol–water partition coefficient (Wildman–Crippen LogP) is 0.552. The summed E-state index contributed by atoms with van der Waals surface area (Å²) in [6.07, 6.45) is 4.87. The van der Waals surface area contributed by atoms with Crippen LogP contribution in [0.3, 0.4) is 0 Å². The summed E-state index contributed by atoms with van der Waals surface area (Å²) < 4.78 is 0. The van der Waals surface area contributed by atoms with Gasteiger partial charge in [0.05, 0.1) is 6.21 Å². The zero-order valence-electron chi connectivity index (χ0n) is 6.69. The van der Waals surface area contributed by atoms with E-state index >= 15 is 0 Å². The molecule has 0 saturated carbocycles. The Balaban J connectivity index is 2.52.